The quantitative estimate of drug-likeness (QED) is 0.383. The molecular weight excluding hydrogens is 496 g/mol. The van der Waals surface area contributed by atoms with E-state index in [4.69, 9.17) is 14.2 Å². The molecule has 5 N–H and O–H groups in total. The van der Waals surface area contributed by atoms with Gasteiger partial charge >= 0.3 is 5.97 Å². The highest BCUT2D eigenvalue weighted by Crippen LogP contribution is 2.47. The van der Waals surface area contributed by atoms with Gasteiger partial charge in [-0.15, -0.1) is 0 Å². The first-order valence-corrected chi connectivity index (χ1v) is 12.4. The number of hydrogen-bond acceptors (Lipinski definition) is 9. The first-order chi connectivity index (χ1) is 17.9. The van der Waals surface area contributed by atoms with Crippen LogP contribution in [0.1, 0.15) is 43.4 Å². The minimum atomic E-state index is -1.82. The van der Waals surface area contributed by atoms with E-state index in [2.05, 4.69) is 0 Å². The average Bonchev–Trinajstić information content (AvgIpc) is 2.88. The van der Waals surface area contributed by atoms with Crippen molar-refractivity contribution in [1.29, 1.82) is 0 Å². The van der Waals surface area contributed by atoms with Gasteiger partial charge in [-0.25, -0.2) is 4.79 Å². The van der Waals surface area contributed by atoms with Crippen LogP contribution in [0.15, 0.2) is 54.1 Å². The SMILES string of the molecule is CC1(C)CCC2=C(O1)c1ccccc1C(O)(Cc1ccc(O[C@@H]3O[C@H](C(=O)O)[C@@H](O)[C@H](O)[C@H]3O)cc1)C2=O. The maximum atomic E-state index is 13.6. The van der Waals surface area contributed by atoms with Crippen LogP contribution >= 0.6 is 0 Å². The molecule has 2 aromatic carbocycles. The van der Waals surface area contributed by atoms with Crippen molar-refractivity contribution in [2.24, 2.45) is 0 Å². The van der Waals surface area contributed by atoms with Gasteiger partial charge in [0, 0.05) is 23.1 Å². The van der Waals surface area contributed by atoms with Gasteiger partial charge in [-0.2, -0.15) is 0 Å². The summed E-state index contributed by atoms with van der Waals surface area (Å²) >= 11 is 0. The third-order valence-electron chi connectivity index (χ3n) is 7.35. The van der Waals surface area contributed by atoms with Crippen molar-refractivity contribution in [2.45, 2.75) is 75.0 Å². The van der Waals surface area contributed by atoms with Gasteiger partial charge in [0.05, 0.1) is 0 Å². The van der Waals surface area contributed by atoms with Crippen molar-refractivity contribution in [3.8, 4) is 5.75 Å². The van der Waals surface area contributed by atoms with E-state index in [0.29, 0.717) is 40.9 Å². The lowest BCUT2D eigenvalue weighted by Crippen LogP contribution is -2.61. The predicted molar refractivity (Wildman–Crippen MR) is 132 cm³/mol. The molecule has 2 aliphatic heterocycles. The molecule has 10 heteroatoms. The van der Waals surface area contributed by atoms with Gasteiger partial charge in [0.2, 0.25) is 6.29 Å². The smallest absolute Gasteiger partial charge is 0.335 e. The van der Waals surface area contributed by atoms with E-state index < -0.39 is 53.7 Å². The number of carboxylic acids is 1. The predicted octanol–water partition coefficient (Wildman–Crippen LogP) is 1.27. The maximum absolute atomic E-state index is 13.6. The second-order valence-electron chi connectivity index (χ2n) is 10.6. The fraction of sp³-hybridized carbons (Fsp3) is 0.429. The number of ether oxygens (including phenoxy) is 3. The number of benzene rings is 2. The Labute approximate surface area is 218 Å². The van der Waals surface area contributed by atoms with Gasteiger partial charge in [-0.1, -0.05) is 36.4 Å². The Kier molecular flexibility index (Phi) is 6.57. The number of carboxylic acid groups (broad SMARTS) is 1. The highest BCUT2D eigenvalue weighted by Gasteiger charge is 2.50. The van der Waals surface area contributed by atoms with Crippen LogP contribution in [0.25, 0.3) is 5.76 Å². The third kappa shape index (κ3) is 4.48. The Hall–Kier alpha value is -3.28. The zero-order valence-electron chi connectivity index (χ0n) is 20.9. The van der Waals surface area contributed by atoms with Crippen LogP contribution in [0.5, 0.6) is 5.75 Å². The van der Waals surface area contributed by atoms with E-state index >= 15 is 0 Å². The van der Waals surface area contributed by atoms with Crippen molar-refractivity contribution < 1.29 is 49.3 Å². The normalized spacial score (nSPS) is 32.2. The van der Waals surface area contributed by atoms with E-state index in [1.54, 1.807) is 24.3 Å². The van der Waals surface area contributed by atoms with Crippen molar-refractivity contribution in [3.05, 3.63) is 70.8 Å². The summed E-state index contributed by atoms with van der Waals surface area (Å²) in [5.41, 5.74) is 0.0180. The molecule has 202 valence electrons. The second-order valence-corrected chi connectivity index (χ2v) is 10.6. The highest BCUT2D eigenvalue weighted by molar-refractivity contribution is 6.10. The van der Waals surface area contributed by atoms with Crippen LogP contribution < -0.4 is 4.74 Å². The molecule has 1 saturated heterocycles. The third-order valence-corrected chi connectivity index (χ3v) is 7.35. The number of hydrogen-bond donors (Lipinski definition) is 5. The van der Waals surface area contributed by atoms with Crippen molar-refractivity contribution >= 4 is 17.5 Å². The van der Waals surface area contributed by atoms with Crippen LogP contribution in [0.4, 0.5) is 0 Å². The van der Waals surface area contributed by atoms with Gasteiger partial charge in [-0.3, -0.25) is 4.79 Å². The van der Waals surface area contributed by atoms with Gasteiger partial charge in [-0.05, 0) is 44.4 Å². The van der Waals surface area contributed by atoms with Crippen LogP contribution in [0, 0.1) is 0 Å². The molecule has 0 saturated carbocycles. The molecule has 6 atom stereocenters. The lowest BCUT2D eigenvalue weighted by molar-refractivity contribution is -0.271. The molecular formula is C28H30O10. The Morgan fingerprint density at radius 3 is 2.39 bits per heavy atom. The molecule has 0 spiro atoms. The molecule has 1 fully saturated rings. The molecule has 5 rings (SSSR count). The number of ketones is 1. The van der Waals surface area contributed by atoms with E-state index in [9.17, 15) is 35.1 Å². The molecule has 10 nitrogen and oxygen atoms in total. The molecule has 1 unspecified atom stereocenters. The van der Waals surface area contributed by atoms with E-state index in [-0.39, 0.29) is 12.2 Å². The highest BCUT2D eigenvalue weighted by atomic mass is 16.7. The number of aliphatic hydroxyl groups is 4. The number of carbonyl (C=O) groups is 2. The van der Waals surface area contributed by atoms with Crippen molar-refractivity contribution in [1.82, 2.24) is 0 Å². The van der Waals surface area contributed by atoms with Crippen LogP contribution in [-0.2, 0) is 31.1 Å². The van der Waals surface area contributed by atoms with Gasteiger partial charge in [0.25, 0.3) is 0 Å². The monoisotopic (exact) mass is 526 g/mol. The molecule has 0 bridgehead atoms. The Morgan fingerprint density at radius 1 is 1.03 bits per heavy atom. The molecule has 38 heavy (non-hydrogen) atoms. The standard InChI is InChI=1S/C28H30O10/c1-27(2)12-11-17-22(38-27)16-5-3-4-6-18(16)28(35,24(17)32)13-14-7-9-15(10-8-14)36-26-21(31)19(29)20(30)23(37-26)25(33)34/h3-10,19-21,23,26,29-31,35H,11-13H2,1-2H3,(H,33,34)/t19-,20-,21+,23-,26+,28?/m0/s1. The number of aliphatic carboxylic acids is 1. The summed E-state index contributed by atoms with van der Waals surface area (Å²) < 4.78 is 16.9. The molecule has 0 radical (unpaired) electrons. The Morgan fingerprint density at radius 2 is 1.71 bits per heavy atom. The van der Waals surface area contributed by atoms with Gasteiger partial charge < -0.3 is 39.7 Å². The number of aliphatic hydroxyl groups excluding tert-OH is 3. The number of Topliss-reactive ketones (excluding diaryl/α,β-unsaturated/α-hetero) is 1. The first kappa shape index (κ1) is 26.3. The van der Waals surface area contributed by atoms with E-state index in [1.165, 1.54) is 12.1 Å². The minimum absolute atomic E-state index is 0.0160. The van der Waals surface area contributed by atoms with E-state index in [0.717, 1.165) is 0 Å². The molecule has 0 amide bonds. The number of rotatable bonds is 5. The minimum Gasteiger partial charge on any atom is -0.487 e. The van der Waals surface area contributed by atoms with Crippen molar-refractivity contribution in [3.63, 3.8) is 0 Å². The molecule has 2 heterocycles. The molecule has 3 aliphatic rings. The Bertz CT molecular complexity index is 1280. The lowest BCUT2D eigenvalue weighted by atomic mass is 9.72. The number of carbonyl (C=O) groups excluding carboxylic acids is 1. The topological polar surface area (TPSA) is 163 Å². The first-order valence-electron chi connectivity index (χ1n) is 12.4. The van der Waals surface area contributed by atoms with Gasteiger partial charge in [0.1, 0.15) is 35.4 Å². The zero-order valence-corrected chi connectivity index (χ0v) is 20.9. The molecule has 0 aromatic heterocycles. The van der Waals surface area contributed by atoms with Crippen molar-refractivity contribution in [2.75, 3.05) is 0 Å². The lowest BCUT2D eigenvalue weighted by Gasteiger charge is -2.41. The Balaban J connectivity index is 1.37. The summed E-state index contributed by atoms with van der Waals surface area (Å²) in [6.07, 6.45) is -7.50. The summed E-state index contributed by atoms with van der Waals surface area (Å²) in [5.74, 6) is -1.20. The van der Waals surface area contributed by atoms with Crippen LogP contribution in [0.3, 0.4) is 0 Å². The van der Waals surface area contributed by atoms with E-state index in [1.807, 2.05) is 26.0 Å². The average molecular weight is 527 g/mol. The van der Waals surface area contributed by atoms with Crippen LogP contribution in [0.2, 0.25) is 0 Å². The zero-order chi connectivity index (χ0) is 27.4. The summed E-state index contributed by atoms with van der Waals surface area (Å²) in [5, 5.41) is 51.0. The summed E-state index contributed by atoms with van der Waals surface area (Å²) in [7, 11) is 0. The van der Waals surface area contributed by atoms with Gasteiger partial charge in [0.15, 0.2) is 17.5 Å². The fourth-order valence-corrected chi connectivity index (χ4v) is 5.22. The summed E-state index contributed by atoms with van der Waals surface area (Å²) in [6.45, 7) is 3.94. The summed E-state index contributed by atoms with van der Waals surface area (Å²) in [4.78, 5) is 24.9. The fourth-order valence-electron chi connectivity index (χ4n) is 5.22. The molecule has 1 aliphatic carbocycles. The number of fused-ring (bicyclic) bond motifs is 2. The largest absolute Gasteiger partial charge is 0.487 e. The molecule has 2 aromatic rings. The van der Waals surface area contributed by atoms with Crippen LogP contribution in [-0.4, -0.2) is 73.6 Å². The summed E-state index contributed by atoms with van der Waals surface area (Å²) in [6, 6.07) is 13.4. The second kappa shape index (κ2) is 9.48. The maximum Gasteiger partial charge on any atom is 0.335 e.